The van der Waals surface area contributed by atoms with E-state index in [0.717, 1.165) is 4.47 Å². The van der Waals surface area contributed by atoms with Crippen LogP contribution in [0.4, 0.5) is 11.4 Å². The number of carbonyl (C=O) groups is 1. The zero-order valence-corrected chi connectivity index (χ0v) is 13.1. The summed E-state index contributed by atoms with van der Waals surface area (Å²) >= 11 is 9.41. The first-order chi connectivity index (χ1) is 9.61. The van der Waals surface area contributed by atoms with E-state index < -0.39 is 0 Å². The second-order valence-electron chi connectivity index (χ2n) is 4.03. The van der Waals surface area contributed by atoms with E-state index in [1.807, 2.05) is 13.0 Å². The van der Waals surface area contributed by atoms with Gasteiger partial charge in [-0.05, 0) is 31.2 Å². The van der Waals surface area contributed by atoms with Gasteiger partial charge in [-0.15, -0.1) is 0 Å². The standard InChI is InChI=1S/C14H13BrClN3O/c1-2-18-13-8-17-6-5-10(13)14(20)19-12-7-9(15)3-4-11(12)16/h3-8,18H,2H2,1H3,(H,19,20). The molecule has 0 aliphatic rings. The summed E-state index contributed by atoms with van der Waals surface area (Å²) < 4.78 is 0.846. The molecule has 0 unspecified atom stereocenters. The average molecular weight is 355 g/mol. The first kappa shape index (κ1) is 14.8. The van der Waals surface area contributed by atoms with Crippen LogP contribution in [0.25, 0.3) is 0 Å². The number of aromatic nitrogens is 1. The quantitative estimate of drug-likeness (QED) is 0.866. The summed E-state index contributed by atoms with van der Waals surface area (Å²) in [7, 11) is 0. The van der Waals surface area contributed by atoms with Gasteiger partial charge in [0.05, 0.1) is 28.2 Å². The van der Waals surface area contributed by atoms with Crippen LogP contribution in [-0.4, -0.2) is 17.4 Å². The molecule has 0 aliphatic heterocycles. The Hall–Kier alpha value is -1.59. The van der Waals surface area contributed by atoms with Crippen molar-refractivity contribution in [1.82, 2.24) is 4.98 Å². The van der Waals surface area contributed by atoms with Crippen molar-refractivity contribution in [3.05, 3.63) is 51.7 Å². The van der Waals surface area contributed by atoms with Gasteiger partial charge in [0.2, 0.25) is 0 Å². The van der Waals surface area contributed by atoms with Crippen molar-refractivity contribution in [2.24, 2.45) is 0 Å². The fourth-order valence-corrected chi connectivity index (χ4v) is 2.23. The van der Waals surface area contributed by atoms with Crippen molar-refractivity contribution in [2.75, 3.05) is 17.2 Å². The second-order valence-corrected chi connectivity index (χ2v) is 5.35. The summed E-state index contributed by atoms with van der Waals surface area (Å²) in [6.07, 6.45) is 3.21. The topological polar surface area (TPSA) is 54.0 Å². The molecule has 2 rings (SSSR count). The number of anilines is 2. The molecule has 1 heterocycles. The maximum Gasteiger partial charge on any atom is 0.257 e. The Morgan fingerprint density at radius 3 is 2.90 bits per heavy atom. The third-order valence-corrected chi connectivity index (χ3v) is 3.43. The lowest BCUT2D eigenvalue weighted by Gasteiger charge is -2.11. The molecule has 0 saturated carbocycles. The summed E-state index contributed by atoms with van der Waals surface area (Å²) in [4.78, 5) is 16.3. The molecule has 1 amide bonds. The number of carbonyl (C=O) groups excluding carboxylic acids is 1. The first-order valence-corrected chi connectivity index (χ1v) is 7.23. The number of pyridine rings is 1. The molecule has 0 bridgehead atoms. The maximum absolute atomic E-state index is 12.3. The number of hydrogen-bond acceptors (Lipinski definition) is 3. The Balaban J connectivity index is 2.26. The molecular formula is C14H13BrClN3O. The minimum absolute atomic E-state index is 0.233. The van der Waals surface area contributed by atoms with E-state index in [-0.39, 0.29) is 5.91 Å². The SMILES string of the molecule is CCNc1cnccc1C(=O)Nc1cc(Br)ccc1Cl. The Bertz CT molecular complexity index is 634. The molecule has 0 spiro atoms. The first-order valence-electron chi connectivity index (χ1n) is 6.06. The van der Waals surface area contributed by atoms with Crippen LogP contribution in [0.2, 0.25) is 5.02 Å². The van der Waals surface area contributed by atoms with Gasteiger partial charge in [0.25, 0.3) is 5.91 Å². The smallest absolute Gasteiger partial charge is 0.257 e. The predicted molar refractivity (Wildman–Crippen MR) is 85.5 cm³/mol. The van der Waals surface area contributed by atoms with Crippen LogP contribution in [0.1, 0.15) is 17.3 Å². The molecule has 4 nitrogen and oxygen atoms in total. The molecule has 0 fully saturated rings. The Morgan fingerprint density at radius 1 is 1.35 bits per heavy atom. The van der Waals surface area contributed by atoms with E-state index in [4.69, 9.17) is 11.6 Å². The van der Waals surface area contributed by atoms with Gasteiger partial charge in [0.1, 0.15) is 0 Å². The van der Waals surface area contributed by atoms with E-state index in [1.165, 1.54) is 0 Å². The monoisotopic (exact) mass is 353 g/mol. The number of rotatable bonds is 4. The van der Waals surface area contributed by atoms with Crippen LogP contribution in [0.3, 0.4) is 0 Å². The van der Waals surface area contributed by atoms with E-state index >= 15 is 0 Å². The number of hydrogen-bond donors (Lipinski definition) is 2. The molecule has 20 heavy (non-hydrogen) atoms. The highest BCUT2D eigenvalue weighted by Crippen LogP contribution is 2.26. The summed E-state index contributed by atoms with van der Waals surface area (Å²) in [6.45, 7) is 2.67. The minimum atomic E-state index is -0.233. The predicted octanol–water partition coefficient (Wildman–Crippen LogP) is 4.18. The van der Waals surface area contributed by atoms with Crippen LogP contribution in [0, 0.1) is 0 Å². The van der Waals surface area contributed by atoms with Gasteiger partial charge in [-0.1, -0.05) is 27.5 Å². The van der Waals surface area contributed by atoms with Crippen LogP contribution < -0.4 is 10.6 Å². The van der Waals surface area contributed by atoms with E-state index in [2.05, 4.69) is 31.5 Å². The molecule has 2 N–H and O–H groups in total. The summed E-state index contributed by atoms with van der Waals surface area (Å²) in [6, 6.07) is 6.96. The van der Waals surface area contributed by atoms with Crippen LogP contribution in [0.5, 0.6) is 0 Å². The Morgan fingerprint density at radius 2 is 2.15 bits per heavy atom. The van der Waals surface area contributed by atoms with Crippen LogP contribution >= 0.6 is 27.5 Å². The third-order valence-electron chi connectivity index (χ3n) is 2.61. The highest BCUT2D eigenvalue weighted by Gasteiger charge is 2.12. The zero-order valence-electron chi connectivity index (χ0n) is 10.8. The van der Waals surface area contributed by atoms with Crippen molar-refractivity contribution in [3.8, 4) is 0 Å². The lowest BCUT2D eigenvalue weighted by molar-refractivity contribution is 0.102. The molecule has 0 saturated heterocycles. The molecular weight excluding hydrogens is 342 g/mol. The molecule has 0 radical (unpaired) electrons. The number of amides is 1. The fraction of sp³-hybridized carbons (Fsp3) is 0.143. The fourth-order valence-electron chi connectivity index (χ4n) is 1.71. The van der Waals surface area contributed by atoms with Crippen molar-refractivity contribution in [1.29, 1.82) is 0 Å². The highest BCUT2D eigenvalue weighted by atomic mass is 79.9. The van der Waals surface area contributed by atoms with Crippen molar-refractivity contribution in [2.45, 2.75) is 6.92 Å². The van der Waals surface area contributed by atoms with Gasteiger partial charge < -0.3 is 10.6 Å². The van der Waals surface area contributed by atoms with E-state index in [0.29, 0.717) is 28.5 Å². The molecule has 6 heteroatoms. The van der Waals surface area contributed by atoms with Crippen molar-refractivity contribution >= 4 is 44.8 Å². The maximum atomic E-state index is 12.3. The normalized spacial score (nSPS) is 10.2. The van der Waals surface area contributed by atoms with Crippen molar-refractivity contribution < 1.29 is 4.79 Å². The molecule has 2 aromatic rings. The van der Waals surface area contributed by atoms with E-state index in [1.54, 1.807) is 30.6 Å². The summed E-state index contributed by atoms with van der Waals surface area (Å²) in [5.41, 5.74) is 1.78. The summed E-state index contributed by atoms with van der Waals surface area (Å²) in [5, 5.41) is 6.39. The van der Waals surface area contributed by atoms with Gasteiger partial charge in [-0.2, -0.15) is 0 Å². The van der Waals surface area contributed by atoms with E-state index in [9.17, 15) is 4.79 Å². The number of halogens is 2. The zero-order chi connectivity index (χ0) is 14.5. The van der Waals surface area contributed by atoms with Gasteiger partial charge in [-0.25, -0.2) is 0 Å². The largest absolute Gasteiger partial charge is 0.383 e. The number of nitrogens with zero attached hydrogens (tertiary/aromatic N) is 1. The Labute approximate surface area is 130 Å². The summed E-state index contributed by atoms with van der Waals surface area (Å²) in [5.74, 6) is -0.233. The third kappa shape index (κ3) is 3.49. The molecule has 1 aromatic heterocycles. The number of benzene rings is 1. The lowest BCUT2D eigenvalue weighted by atomic mass is 10.2. The molecule has 104 valence electrons. The molecule has 0 aliphatic carbocycles. The van der Waals surface area contributed by atoms with Gasteiger partial charge in [0.15, 0.2) is 0 Å². The van der Waals surface area contributed by atoms with Gasteiger partial charge in [-0.3, -0.25) is 9.78 Å². The lowest BCUT2D eigenvalue weighted by Crippen LogP contribution is -2.15. The molecule has 1 aromatic carbocycles. The van der Waals surface area contributed by atoms with Gasteiger partial charge >= 0.3 is 0 Å². The van der Waals surface area contributed by atoms with Crippen LogP contribution in [-0.2, 0) is 0 Å². The highest BCUT2D eigenvalue weighted by molar-refractivity contribution is 9.10. The van der Waals surface area contributed by atoms with Crippen LogP contribution in [0.15, 0.2) is 41.1 Å². The average Bonchev–Trinajstić information content (AvgIpc) is 2.44. The number of nitrogens with one attached hydrogen (secondary N) is 2. The Kier molecular flexibility index (Phi) is 4.98. The van der Waals surface area contributed by atoms with Gasteiger partial charge in [0, 0.05) is 17.2 Å². The second kappa shape index (κ2) is 6.72. The van der Waals surface area contributed by atoms with Crippen molar-refractivity contribution in [3.63, 3.8) is 0 Å². The minimum Gasteiger partial charge on any atom is -0.383 e. The molecule has 0 atom stereocenters.